The smallest absolute Gasteiger partial charge is 0.258 e. The van der Waals surface area contributed by atoms with Gasteiger partial charge in [0, 0.05) is 26.3 Å². The average molecular weight is 595 g/mol. The van der Waals surface area contributed by atoms with Crippen LogP contribution in [0.3, 0.4) is 0 Å². The molecular weight excluding hydrogens is 560 g/mol. The molecule has 11 nitrogen and oxygen atoms in total. The number of hydrogen-bond acceptors (Lipinski definition) is 9. The van der Waals surface area contributed by atoms with Crippen LogP contribution in [0.1, 0.15) is 52.1 Å². The fourth-order valence-corrected chi connectivity index (χ4v) is 5.47. The van der Waals surface area contributed by atoms with Crippen molar-refractivity contribution in [3.05, 3.63) is 63.8 Å². The summed E-state index contributed by atoms with van der Waals surface area (Å²) in [6.07, 6.45) is 2.08. The summed E-state index contributed by atoms with van der Waals surface area (Å²) in [5.74, 6) is 0.717. The number of amides is 2. The molecule has 1 saturated heterocycles. The zero-order valence-corrected chi connectivity index (χ0v) is 25.3. The Morgan fingerprint density at radius 1 is 1.21 bits per heavy atom. The number of aryl methyl sites for hydroxylation is 1. The number of nitrogens with one attached hydrogen (secondary N) is 3. The lowest BCUT2D eigenvalue weighted by Gasteiger charge is -2.31. The molecule has 3 aromatic rings. The molecule has 2 aromatic carbocycles. The molecule has 2 atom stereocenters. The second-order valence-electron chi connectivity index (χ2n) is 10.9. The molecule has 2 amide bonds. The van der Waals surface area contributed by atoms with Crippen molar-refractivity contribution in [1.29, 1.82) is 0 Å². The number of hydrogen-bond donors (Lipinski definition) is 3. The van der Waals surface area contributed by atoms with E-state index in [1.54, 1.807) is 37.3 Å². The van der Waals surface area contributed by atoms with Crippen molar-refractivity contribution in [1.82, 2.24) is 25.5 Å². The minimum Gasteiger partial charge on any atom is -0.495 e. The molecule has 3 N–H and O–H groups in total. The Kier molecular flexibility index (Phi) is 8.27. The topological polar surface area (TPSA) is 127 Å². The van der Waals surface area contributed by atoms with E-state index < -0.39 is 5.54 Å². The van der Waals surface area contributed by atoms with Crippen LogP contribution in [0.5, 0.6) is 17.4 Å². The first-order chi connectivity index (χ1) is 20.0. The molecule has 12 heteroatoms. The number of ether oxygens (including phenoxy) is 3. The number of carbonyl (C=O) groups is 2. The van der Waals surface area contributed by atoms with Gasteiger partial charge in [0.15, 0.2) is 0 Å². The number of carbonyl (C=O) groups excluding carboxylic acids is 2. The number of anilines is 2. The van der Waals surface area contributed by atoms with E-state index in [2.05, 4.69) is 25.9 Å². The standard InChI is InChI=1S/C30H35ClN6O5/c1-16-12-21(23(40-5)13-17(16)26(38)34-20-10-11-32-15-24(20)41-6)35-29-33-14-19(31)27(36-29)42-22-9-7-8-18-25(22)28(39)37(4)30(18,2)3/h7-9,12-14,20,24,32H,10-11,15H2,1-6H3,(H,34,38)(H,33,35,36)/t20-,24-/m1/s1. The van der Waals surface area contributed by atoms with Crippen molar-refractivity contribution >= 4 is 35.1 Å². The summed E-state index contributed by atoms with van der Waals surface area (Å²) in [6.45, 7) is 7.29. The largest absolute Gasteiger partial charge is 0.495 e. The Morgan fingerprint density at radius 2 is 2.00 bits per heavy atom. The second kappa shape index (κ2) is 11.7. The molecular formula is C30H35ClN6O5. The zero-order valence-electron chi connectivity index (χ0n) is 24.5. The van der Waals surface area contributed by atoms with E-state index in [0.29, 0.717) is 34.9 Å². The van der Waals surface area contributed by atoms with E-state index in [-0.39, 0.29) is 40.8 Å². The number of methoxy groups -OCH3 is 2. The lowest BCUT2D eigenvalue weighted by Crippen LogP contribution is -2.53. The van der Waals surface area contributed by atoms with Gasteiger partial charge in [-0.05, 0) is 63.1 Å². The van der Waals surface area contributed by atoms with Gasteiger partial charge in [-0.3, -0.25) is 9.59 Å². The fourth-order valence-electron chi connectivity index (χ4n) is 5.34. The molecule has 1 fully saturated rings. The van der Waals surface area contributed by atoms with Gasteiger partial charge in [0.25, 0.3) is 11.8 Å². The van der Waals surface area contributed by atoms with Crippen LogP contribution in [0.4, 0.5) is 11.6 Å². The van der Waals surface area contributed by atoms with Crippen molar-refractivity contribution in [3.63, 3.8) is 0 Å². The van der Waals surface area contributed by atoms with Gasteiger partial charge in [-0.1, -0.05) is 23.7 Å². The summed E-state index contributed by atoms with van der Waals surface area (Å²) in [4.78, 5) is 36.7. The van der Waals surface area contributed by atoms with Gasteiger partial charge in [0.1, 0.15) is 16.5 Å². The second-order valence-corrected chi connectivity index (χ2v) is 11.3. The quantitative estimate of drug-likeness (QED) is 0.347. The van der Waals surface area contributed by atoms with Crippen LogP contribution in [0.15, 0.2) is 36.5 Å². The highest BCUT2D eigenvalue weighted by atomic mass is 35.5. The summed E-state index contributed by atoms with van der Waals surface area (Å²) >= 11 is 6.41. The van der Waals surface area contributed by atoms with E-state index in [1.807, 2.05) is 32.9 Å². The zero-order chi connectivity index (χ0) is 30.2. The van der Waals surface area contributed by atoms with Crippen LogP contribution in [-0.2, 0) is 10.3 Å². The molecule has 0 aliphatic carbocycles. The van der Waals surface area contributed by atoms with Crippen LogP contribution in [0.25, 0.3) is 0 Å². The summed E-state index contributed by atoms with van der Waals surface area (Å²) < 4.78 is 17.2. The van der Waals surface area contributed by atoms with Crippen LogP contribution in [0, 0.1) is 6.92 Å². The Balaban J connectivity index is 1.38. The Hall–Kier alpha value is -3.93. The van der Waals surface area contributed by atoms with Crippen LogP contribution >= 0.6 is 11.6 Å². The lowest BCUT2D eigenvalue weighted by molar-refractivity contribution is 0.0476. The van der Waals surface area contributed by atoms with Crippen molar-refractivity contribution in [2.24, 2.45) is 0 Å². The number of rotatable bonds is 8. The SMILES string of the molecule is COc1cc(C(=O)N[C@@H]2CCNC[C@H]2OC)c(C)cc1Nc1ncc(Cl)c(Oc2cccc3c2C(=O)N(C)C3(C)C)n1. The third kappa shape index (κ3) is 5.47. The lowest BCUT2D eigenvalue weighted by atomic mass is 9.94. The highest BCUT2D eigenvalue weighted by Crippen LogP contribution is 2.43. The predicted octanol–water partition coefficient (Wildman–Crippen LogP) is 4.41. The summed E-state index contributed by atoms with van der Waals surface area (Å²) in [5, 5.41) is 9.70. The summed E-state index contributed by atoms with van der Waals surface area (Å²) in [6, 6.07) is 8.85. The van der Waals surface area contributed by atoms with Gasteiger partial charge in [-0.2, -0.15) is 4.98 Å². The van der Waals surface area contributed by atoms with Gasteiger partial charge >= 0.3 is 0 Å². The maximum atomic E-state index is 13.2. The first kappa shape index (κ1) is 29.6. The van der Waals surface area contributed by atoms with Crippen molar-refractivity contribution in [2.75, 3.05) is 39.7 Å². The predicted molar refractivity (Wildman–Crippen MR) is 159 cm³/mol. The highest BCUT2D eigenvalue weighted by molar-refractivity contribution is 6.31. The van der Waals surface area contributed by atoms with Gasteiger partial charge in [-0.15, -0.1) is 0 Å². The Bertz CT molecular complexity index is 1530. The molecule has 0 saturated carbocycles. The van der Waals surface area contributed by atoms with Gasteiger partial charge < -0.3 is 35.1 Å². The molecule has 3 heterocycles. The highest BCUT2D eigenvalue weighted by Gasteiger charge is 2.42. The van der Waals surface area contributed by atoms with Crippen LogP contribution < -0.4 is 25.4 Å². The molecule has 0 bridgehead atoms. The maximum absolute atomic E-state index is 13.2. The Morgan fingerprint density at radius 3 is 2.74 bits per heavy atom. The Labute approximate surface area is 249 Å². The molecule has 42 heavy (non-hydrogen) atoms. The summed E-state index contributed by atoms with van der Waals surface area (Å²) in [5.41, 5.74) is 2.62. The molecule has 0 radical (unpaired) electrons. The van der Waals surface area contributed by atoms with E-state index in [1.165, 1.54) is 13.3 Å². The molecule has 2 aliphatic heterocycles. The van der Waals surface area contributed by atoms with Gasteiger partial charge in [-0.25, -0.2) is 4.98 Å². The minimum absolute atomic E-state index is 0.0871. The number of piperidine rings is 1. The van der Waals surface area contributed by atoms with Crippen molar-refractivity contribution in [2.45, 2.75) is 44.9 Å². The first-order valence-corrected chi connectivity index (χ1v) is 14.0. The van der Waals surface area contributed by atoms with E-state index in [4.69, 9.17) is 25.8 Å². The first-order valence-electron chi connectivity index (χ1n) is 13.7. The van der Waals surface area contributed by atoms with E-state index >= 15 is 0 Å². The van der Waals surface area contributed by atoms with Crippen LogP contribution in [0.2, 0.25) is 5.02 Å². The van der Waals surface area contributed by atoms with Gasteiger partial charge in [0.2, 0.25) is 11.8 Å². The molecule has 2 aliphatic rings. The van der Waals surface area contributed by atoms with Gasteiger partial charge in [0.05, 0.1) is 42.2 Å². The third-order valence-corrected chi connectivity index (χ3v) is 8.30. The van der Waals surface area contributed by atoms with Crippen molar-refractivity contribution < 1.29 is 23.8 Å². The maximum Gasteiger partial charge on any atom is 0.258 e. The number of halogens is 1. The molecule has 1 aromatic heterocycles. The van der Waals surface area contributed by atoms with E-state index in [9.17, 15) is 9.59 Å². The van der Waals surface area contributed by atoms with Crippen LogP contribution in [-0.4, -0.2) is 73.2 Å². The minimum atomic E-state index is -0.482. The summed E-state index contributed by atoms with van der Waals surface area (Å²) in [7, 11) is 4.93. The van der Waals surface area contributed by atoms with Crippen molar-refractivity contribution in [3.8, 4) is 17.4 Å². The normalized spacial score (nSPS) is 19.3. The average Bonchev–Trinajstić information content (AvgIpc) is 3.15. The molecule has 5 rings (SSSR count). The van der Waals surface area contributed by atoms with E-state index in [0.717, 1.165) is 24.1 Å². The molecule has 222 valence electrons. The monoisotopic (exact) mass is 594 g/mol. The number of fused-ring (bicyclic) bond motifs is 1. The fraction of sp³-hybridized carbons (Fsp3) is 0.400. The molecule has 0 spiro atoms. The molecule has 0 unspecified atom stereocenters. The number of aromatic nitrogens is 2. The number of benzene rings is 2. The third-order valence-electron chi connectivity index (χ3n) is 8.04. The number of nitrogens with zero attached hydrogens (tertiary/aromatic N) is 3.